The molecule has 3 aliphatic heterocycles. The zero-order valence-corrected chi connectivity index (χ0v) is 16.3. The van der Waals surface area contributed by atoms with Crippen LogP contribution in [0.3, 0.4) is 0 Å². The molecule has 3 saturated heterocycles. The third kappa shape index (κ3) is 3.91. The second-order valence-corrected chi connectivity index (χ2v) is 7.95. The average molecular weight is 387 g/mol. The van der Waals surface area contributed by atoms with Gasteiger partial charge in [-0.15, -0.1) is 0 Å². The number of furan rings is 1. The molecule has 3 aliphatic rings. The van der Waals surface area contributed by atoms with E-state index in [9.17, 15) is 4.79 Å². The molecule has 1 amide bonds. The van der Waals surface area contributed by atoms with Crippen LogP contribution in [-0.2, 0) is 0 Å². The minimum absolute atomic E-state index is 0.114. The van der Waals surface area contributed by atoms with Crippen LogP contribution in [0.25, 0.3) is 11.3 Å². The van der Waals surface area contributed by atoms with Crippen molar-refractivity contribution in [2.45, 2.75) is 18.9 Å². The third-order valence-electron chi connectivity index (χ3n) is 6.03. The predicted octanol–water partition coefficient (Wildman–Crippen LogP) is 4.51. The van der Waals surface area contributed by atoms with Crippen LogP contribution in [-0.4, -0.2) is 36.5 Å². The molecular formula is C24H25N3O2. The van der Waals surface area contributed by atoms with Gasteiger partial charge in [-0.3, -0.25) is 4.79 Å². The van der Waals surface area contributed by atoms with Crippen molar-refractivity contribution in [3.63, 3.8) is 0 Å². The van der Waals surface area contributed by atoms with E-state index in [1.165, 1.54) is 12.8 Å². The number of benzene rings is 2. The van der Waals surface area contributed by atoms with Gasteiger partial charge in [0.2, 0.25) is 0 Å². The van der Waals surface area contributed by atoms with E-state index in [4.69, 9.17) is 4.42 Å². The van der Waals surface area contributed by atoms with E-state index in [1.54, 1.807) is 6.07 Å². The summed E-state index contributed by atoms with van der Waals surface area (Å²) in [5, 5.41) is 6.55. The molecule has 2 N–H and O–H groups in total. The van der Waals surface area contributed by atoms with Gasteiger partial charge in [0.05, 0.1) is 0 Å². The molecule has 3 aromatic rings. The van der Waals surface area contributed by atoms with Crippen LogP contribution in [0.2, 0.25) is 0 Å². The molecule has 4 heterocycles. The van der Waals surface area contributed by atoms with Crippen LogP contribution < -0.4 is 10.6 Å². The molecular weight excluding hydrogens is 362 g/mol. The number of para-hydroxylation sites is 1. The van der Waals surface area contributed by atoms with Gasteiger partial charge in [-0.2, -0.15) is 0 Å². The van der Waals surface area contributed by atoms with Gasteiger partial charge in [-0.25, -0.2) is 0 Å². The van der Waals surface area contributed by atoms with Gasteiger partial charge < -0.3 is 20.0 Å². The van der Waals surface area contributed by atoms with Gasteiger partial charge in [-0.1, -0.05) is 18.2 Å². The first-order valence-corrected chi connectivity index (χ1v) is 10.3. The van der Waals surface area contributed by atoms with E-state index in [1.807, 2.05) is 60.7 Å². The molecule has 5 nitrogen and oxygen atoms in total. The predicted molar refractivity (Wildman–Crippen MR) is 114 cm³/mol. The molecule has 2 aromatic carbocycles. The van der Waals surface area contributed by atoms with Gasteiger partial charge in [0.15, 0.2) is 5.76 Å². The van der Waals surface area contributed by atoms with Crippen molar-refractivity contribution < 1.29 is 9.21 Å². The molecule has 0 aliphatic carbocycles. The molecule has 0 saturated carbocycles. The van der Waals surface area contributed by atoms with Crippen molar-refractivity contribution in [3.05, 3.63) is 72.5 Å². The topological polar surface area (TPSA) is 57.5 Å². The normalized spacial score (nSPS) is 23.0. The molecule has 29 heavy (non-hydrogen) atoms. The molecule has 3 fully saturated rings. The highest BCUT2D eigenvalue weighted by Crippen LogP contribution is 2.29. The Bertz CT molecular complexity index is 973. The minimum atomic E-state index is -0.114. The Morgan fingerprint density at radius 3 is 2.31 bits per heavy atom. The fourth-order valence-electron chi connectivity index (χ4n) is 4.39. The second kappa shape index (κ2) is 7.76. The lowest BCUT2D eigenvalue weighted by Gasteiger charge is -2.44. The molecule has 148 valence electrons. The summed E-state index contributed by atoms with van der Waals surface area (Å²) in [6.07, 6.45) is 2.36. The van der Waals surface area contributed by atoms with Crippen LogP contribution >= 0.6 is 0 Å². The summed E-state index contributed by atoms with van der Waals surface area (Å²) in [5.41, 5.74) is 3.00. The average Bonchev–Trinajstić information content (AvgIpc) is 3.26. The lowest BCUT2D eigenvalue weighted by molar-refractivity contribution is 0.0606. The molecule has 5 heteroatoms. The fourth-order valence-corrected chi connectivity index (χ4v) is 4.39. The highest BCUT2D eigenvalue weighted by atomic mass is 16.3. The lowest BCUT2D eigenvalue weighted by Crippen LogP contribution is -2.57. The lowest BCUT2D eigenvalue weighted by atomic mass is 9.84. The second-order valence-electron chi connectivity index (χ2n) is 7.95. The Kier molecular flexibility index (Phi) is 4.82. The summed E-state index contributed by atoms with van der Waals surface area (Å²) in [4.78, 5) is 15.1. The number of anilines is 2. The van der Waals surface area contributed by atoms with Gasteiger partial charge in [0, 0.05) is 29.5 Å². The highest BCUT2D eigenvalue weighted by Gasteiger charge is 2.35. The van der Waals surface area contributed by atoms with E-state index in [0.29, 0.717) is 17.4 Å². The van der Waals surface area contributed by atoms with Gasteiger partial charge in [0.1, 0.15) is 5.76 Å². The van der Waals surface area contributed by atoms with E-state index in [0.717, 1.165) is 36.6 Å². The number of rotatable bonds is 5. The molecule has 0 spiro atoms. The summed E-state index contributed by atoms with van der Waals surface area (Å²) in [5.74, 6) is 1.57. The largest absolute Gasteiger partial charge is 0.451 e. The molecule has 6 rings (SSSR count). The van der Waals surface area contributed by atoms with Crippen molar-refractivity contribution in [2.75, 3.05) is 25.0 Å². The Hall–Kier alpha value is -3.05. The molecule has 1 atom stereocenters. The van der Waals surface area contributed by atoms with Crippen LogP contribution in [0, 0.1) is 5.92 Å². The van der Waals surface area contributed by atoms with Crippen molar-refractivity contribution in [1.29, 1.82) is 0 Å². The van der Waals surface area contributed by atoms with Crippen molar-refractivity contribution in [3.8, 4) is 11.3 Å². The number of carbonyl (C=O) groups is 1. The van der Waals surface area contributed by atoms with Crippen LogP contribution in [0.15, 0.2) is 71.1 Å². The Morgan fingerprint density at radius 2 is 1.62 bits per heavy atom. The number of nitrogens with one attached hydrogen (secondary N) is 2. The summed E-state index contributed by atoms with van der Waals surface area (Å²) in [7, 11) is 0. The van der Waals surface area contributed by atoms with Crippen LogP contribution in [0.4, 0.5) is 11.4 Å². The van der Waals surface area contributed by atoms with E-state index >= 15 is 0 Å². The zero-order chi connectivity index (χ0) is 19.6. The SMILES string of the molecule is O=C(NC1CN2CCC1CC2)c1ccc(-c2ccc(Nc3ccccc3)cc2)o1. The summed E-state index contributed by atoms with van der Waals surface area (Å²) < 4.78 is 5.87. The fraction of sp³-hybridized carbons (Fsp3) is 0.292. The maximum absolute atomic E-state index is 12.7. The number of piperidine rings is 3. The number of hydrogen-bond acceptors (Lipinski definition) is 4. The molecule has 2 bridgehead atoms. The van der Waals surface area contributed by atoms with Crippen LogP contribution in [0.5, 0.6) is 0 Å². The van der Waals surface area contributed by atoms with E-state index in [2.05, 4.69) is 15.5 Å². The van der Waals surface area contributed by atoms with Crippen molar-refractivity contribution in [2.24, 2.45) is 5.92 Å². The minimum Gasteiger partial charge on any atom is -0.451 e. The number of amides is 1. The van der Waals surface area contributed by atoms with Gasteiger partial charge in [-0.05, 0) is 80.4 Å². The Labute approximate surface area is 170 Å². The Balaban J connectivity index is 1.24. The smallest absolute Gasteiger partial charge is 0.287 e. The van der Waals surface area contributed by atoms with E-state index in [-0.39, 0.29) is 11.9 Å². The summed E-state index contributed by atoms with van der Waals surface area (Å²) >= 11 is 0. The first-order valence-electron chi connectivity index (χ1n) is 10.3. The van der Waals surface area contributed by atoms with Crippen molar-refractivity contribution in [1.82, 2.24) is 10.2 Å². The third-order valence-corrected chi connectivity index (χ3v) is 6.03. The maximum atomic E-state index is 12.7. The summed E-state index contributed by atoms with van der Waals surface area (Å²) in [6.45, 7) is 3.29. The molecule has 0 radical (unpaired) electrons. The summed E-state index contributed by atoms with van der Waals surface area (Å²) in [6, 6.07) is 21.9. The number of hydrogen-bond donors (Lipinski definition) is 2. The van der Waals surface area contributed by atoms with Crippen molar-refractivity contribution >= 4 is 17.3 Å². The first-order chi connectivity index (χ1) is 14.2. The number of nitrogens with zero attached hydrogens (tertiary/aromatic N) is 1. The standard InChI is InChI=1S/C24H25N3O2/c28-24(26-21-16-27-14-12-17(21)13-15-27)23-11-10-22(29-23)18-6-8-20(9-7-18)25-19-4-2-1-3-5-19/h1-11,17,21,25H,12-16H2,(H,26,28). The van der Waals surface area contributed by atoms with Crippen LogP contribution in [0.1, 0.15) is 23.4 Å². The van der Waals surface area contributed by atoms with E-state index < -0.39 is 0 Å². The number of fused-ring (bicyclic) bond motifs is 3. The molecule has 1 aromatic heterocycles. The quantitative estimate of drug-likeness (QED) is 0.676. The first kappa shape index (κ1) is 18.0. The van der Waals surface area contributed by atoms with Gasteiger partial charge in [0.25, 0.3) is 5.91 Å². The zero-order valence-electron chi connectivity index (χ0n) is 16.3. The molecule has 1 unspecified atom stereocenters. The maximum Gasteiger partial charge on any atom is 0.287 e. The monoisotopic (exact) mass is 387 g/mol. The van der Waals surface area contributed by atoms with Gasteiger partial charge >= 0.3 is 0 Å². The Morgan fingerprint density at radius 1 is 0.897 bits per heavy atom. The number of carbonyl (C=O) groups excluding carboxylic acids is 1. The highest BCUT2D eigenvalue weighted by molar-refractivity contribution is 5.92.